The molecule has 0 aliphatic carbocycles. The van der Waals surface area contributed by atoms with E-state index in [2.05, 4.69) is 27.2 Å². The molecule has 2 heterocycles. The number of aromatic nitrogens is 4. The highest BCUT2D eigenvalue weighted by Gasteiger charge is 2.05. The second kappa shape index (κ2) is 5.88. The SMILES string of the molecule is CSc1nccc(-c2cnn(Cc3ccccc3)c2)n1. The lowest BCUT2D eigenvalue weighted by Crippen LogP contribution is -1.99. The van der Waals surface area contributed by atoms with E-state index in [9.17, 15) is 0 Å². The Morgan fingerprint density at radius 1 is 1.15 bits per heavy atom. The van der Waals surface area contributed by atoms with Gasteiger partial charge in [-0.2, -0.15) is 5.10 Å². The molecule has 100 valence electrons. The van der Waals surface area contributed by atoms with Crippen LogP contribution >= 0.6 is 11.8 Å². The maximum Gasteiger partial charge on any atom is 0.187 e. The molecule has 0 saturated heterocycles. The molecule has 0 fully saturated rings. The summed E-state index contributed by atoms with van der Waals surface area (Å²) >= 11 is 1.54. The molecule has 0 amide bonds. The first-order chi connectivity index (χ1) is 9.85. The van der Waals surface area contributed by atoms with Gasteiger partial charge in [0.1, 0.15) is 0 Å². The van der Waals surface area contributed by atoms with Crippen molar-refractivity contribution in [3.63, 3.8) is 0 Å². The molecule has 1 aromatic carbocycles. The first kappa shape index (κ1) is 12.9. The predicted octanol–water partition coefficient (Wildman–Crippen LogP) is 3.11. The average Bonchev–Trinajstić information content (AvgIpc) is 2.97. The van der Waals surface area contributed by atoms with E-state index in [0.717, 1.165) is 23.0 Å². The van der Waals surface area contributed by atoms with Crippen molar-refractivity contribution in [1.82, 2.24) is 19.7 Å². The molecule has 0 N–H and O–H groups in total. The van der Waals surface area contributed by atoms with Crippen molar-refractivity contribution >= 4 is 11.8 Å². The third-order valence-electron chi connectivity index (χ3n) is 2.93. The third-order valence-corrected chi connectivity index (χ3v) is 3.49. The first-order valence-electron chi connectivity index (χ1n) is 6.29. The van der Waals surface area contributed by atoms with Crippen molar-refractivity contribution in [2.45, 2.75) is 11.7 Å². The number of rotatable bonds is 4. The second-order valence-electron chi connectivity index (χ2n) is 4.34. The Balaban J connectivity index is 1.83. The van der Waals surface area contributed by atoms with Gasteiger partial charge >= 0.3 is 0 Å². The van der Waals surface area contributed by atoms with E-state index < -0.39 is 0 Å². The minimum absolute atomic E-state index is 0.765. The Bertz CT molecular complexity index is 694. The van der Waals surface area contributed by atoms with Gasteiger partial charge in [0.2, 0.25) is 0 Å². The molecule has 0 bridgehead atoms. The molecule has 5 heteroatoms. The van der Waals surface area contributed by atoms with Gasteiger partial charge in [0.25, 0.3) is 0 Å². The monoisotopic (exact) mass is 282 g/mol. The summed E-state index contributed by atoms with van der Waals surface area (Å²) in [5.74, 6) is 0. The van der Waals surface area contributed by atoms with Crippen LogP contribution in [0.15, 0.2) is 60.1 Å². The number of nitrogens with zero attached hydrogens (tertiary/aromatic N) is 4. The Kier molecular flexibility index (Phi) is 3.78. The van der Waals surface area contributed by atoms with Gasteiger partial charge < -0.3 is 0 Å². The van der Waals surface area contributed by atoms with E-state index in [0.29, 0.717) is 0 Å². The van der Waals surface area contributed by atoms with Gasteiger partial charge in [0, 0.05) is 18.0 Å². The first-order valence-corrected chi connectivity index (χ1v) is 7.51. The topological polar surface area (TPSA) is 43.6 Å². The zero-order valence-electron chi connectivity index (χ0n) is 11.1. The molecule has 0 saturated carbocycles. The smallest absolute Gasteiger partial charge is 0.187 e. The molecule has 0 aliphatic rings. The fraction of sp³-hybridized carbons (Fsp3) is 0.133. The van der Waals surface area contributed by atoms with Gasteiger partial charge in [-0.1, -0.05) is 42.1 Å². The zero-order valence-corrected chi connectivity index (χ0v) is 11.9. The number of hydrogen-bond donors (Lipinski definition) is 0. The van der Waals surface area contributed by atoms with Crippen molar-refractivity contribution in [3.8, 4) is 11.3 Å². The molecular formula is C15H14N4S. The van der Waals surface area contributed by atoms with Crippen LogP contribution in [0.3, 0.4) is 0 Å². The number of thioether (sulfide) groups is 1. The van der Waals surface area contributed by atoms with Crippen LogP contribution in [-0.4, -0.2) is 26.0 Å². The number of benzene rings is 1. The lowest BCUT2D eigenvalue weighted by Gasteiger charge is -2.01. The van der Waals surface area contributed by atoms with Gasteiger partial charge in [-0.05, 0) is 17.9 Å². The predicted molar refractivity (Wildman–Crippen MR) is 80.6 cm³/mol. The molecular weight excluding hydrogens is 268 g/mol. The Hall–Kier alpha value is -2.14. The highest BCUT2D eigenvalue weighted by molar-refractivity contribution is 7.98. The molecule has 2 aromatic heterocycles. The standard InChI is InChI=1S/C15H14N4S/c1-20-15-16-8-7-14(18-15)13-9-17-19(11-13)10-12-5-3-2-4-6-12/h2-9,11H,10H2,1H3. The summed E-state index contributed by atoms with van der Waals surface area (Å²) in [6, 6.07) is 12.2. The fourth-order valence-electron chi connectivity index (χ4n) is 1.95. The molecule has 3 aromatic rings. The molecule has 0 atom stereocenters. The summed E-state index contributed by atoms with van der Waals surface area (Å²) in [6.45, 7) is 0.765. The quantitative estimate of drug-likeness (QED) is 0.545. The zero-order chi connectivity index (χ0) is 13.8. The Morgan fingerprint density at radius 2 is 2.00 bits per heavy atom. The van der Waals surface area contributed by atoms with Crippen molar-refractivity contribution < 1.29 is 0 Å². The van der Waals surface area contributed by atoms with E-state index in [1.807, 2.05) is 47.6 Å². The van der Waals surface area contributed by atoms with Gasteiger partial charge in [-0.15, -0.1) is 0 Å². The number of hydrogen-bond acceptors (Lipinski definition) is 4. The summed E-state index contributed by atoms with van der Waals surface area (Å²) in [5, 5.41) is 5.17. The van der Waals surface area contributed by atoms with Crippen LogP contribution in [0.2, 0.25) is 0 Å². The second-order valence-corrected chi connectivity index (χ2v) is 5.11. The van der Waals surface area contributed by atoms with Gasteiger partial charge in [-0.25, -0.2) is 9.97 Å². The largest absolute Gasteiger partial charge is 0.268 e. The summed E-state index contributed by atoms with van der Waals surface area (Å²) in [6.07, 6.45) is 7.61. The minimum atomic E-state index is 0.765. The average molecular weight is 282 g/mol. The van der Waals surface area contributed by atoms with Crippen molar-refractivity contribution in [1.29, 1.82) is 0 Å². The maximum atomic E-state index is 4.48. The highest BCUT2D eigenvalue weighted by atomic mass is 32.2. The molecule has 20 heavy (non-hydrogen) atoms. The highest BCUT2D eigenvalue weighted by Crippen LogP contribution is 2.18. The summed E-state index contributed by atoms with van der Waals surface area (Å²) in [4.78, 5) is 8.66. The van der Waals surface area contributed by atoms with Crippen LogP contribution in [0.1, 0.15) is 5.56 Å². The van der Waals surface area contributed by atoms with Crippen molar-refractivity contribution in [2.24, 2.45) is 0 Å². The molecule has 0 aliphatic heterocycles. The van der Waals surface area contributed by atoms with Crippen LogP contribution in [-0.2, 0) is 6.54 Å². The van der Waals surface area contributed by atoms with E-state index in [1.165, 1.54) is 17.3 Å². The molecule has 4 nitrogen and oxygen atoms in total. The van der Waals surface area contributed by atoms with Crippen molar-refractivity contribution in [3.05, 3.63) is 60.6 Å². The lowest BCUT2D eigenvalue weighted by atomic mass is 10.2. The maximum absolute atomic E-state index is 4.48. The van der Waals surface area contributed by atoms with Crippen LogP contribution in [0.4, 0.5) is 0 Å². The summed E-state index contributed by atoms with van der Waals surface area (Å²) < 4.78 is 1.92. The van der Waals surface area contributed by atoms with E-state index in [1.54, 1.807) is 6.20 Å². The molecule has 0 radical (unpaired) electrons. The van der Waals surface area contributed by atoms with E-state index in [4.69, 9.17) is 0 Å². The van der Waals surface area contributed by atoms with Gasteiger partial charge in [0.05, 0.1) is 18.4 Å². The molecule has 3 rings (SSSR count). The molecule has 0 unspecified atom stereocenters. The Labute approximate surface area is 121 Å². The van der Waals surface area contributed by atoms with E-state index in [-0.39, 0.29) is 0 Å². The van der Waals surface area contributed by atoms with Crippen LogP contribution in [0.5, 0.6) is 0 Å². The van der Waals surface area contributed by atoms with E-state index >= 15 is 0 Å². The summed E-state index contributed by atoms with van der Waals surface area (Å²) in [5.41, 5.74) is 3.15. The van der Waals surface area contributed by atoms with Gasteiger partial charge in [-0.3, -0.25) is 4.68 Å². The van der Waals surface area contributed by atoms with Crippen molar-refractivity contribution in [2.75, 3.05) is 6.26 Å². The Morgan fingerprint density at radius 3 is 2.80 bits per heavy atom. The van der Waals surface area contributed by atoms with Crippen LogP contribution in [0.25, 0.3) is 11.3 Å². The summed E-state index contributed by atoms with van der Waals surface area (Å²) in [7, 11) is 0. The van der Waals surface area contributed by atoms with Crippen LogP contribution in [0, 0.1) is 0 Å². The minimum Gasteiger partial charge on any atom is -0.268 e. The fourth-order valence-corrected chi connectivity index (χ4v) is 2.31. The van der Waals surface area contributed by atoms with Gasteiger partial charge in [0.15, 0.2) is 5.16 Å². The lowest BCUT2D eigenvalue weighted by molar-refractivity contribution is 0.687. The normalized spacial score (nSPS) is 10.7. The molecule has 0 spiro atoms. The van der Waals surface area contributed by atoms with Crippen LogP contribution < -0.4 is 0 Å². The third kappa shape index (κ3) is 2.88.